The van der Waals surface area contributed by atoms with E-state index in [2.05, 4.69) is 0 Å². The molecule has 0 bridgehead atoms. The number of benzene rings is 3. The standard InChI is InChI=1S/C25H25Cl3NO4P/c1-3-32-34(31,33-4-2)17-19-5-9-20(10-6-19)25(30)29(16-18-7-11-21(26)12-8-18)22-13-14-23(27)24(28)15-22/h5-15H,3-4,16-17H2,1-2H3. The molecule has 0 unspecified atom stereocenters. The molecule has 0 spiro atoms. The van der Waals surface area contributed by atoms with E-state index in [4.69, 9.17) is 43.9 Å². The van der Waals surface area contributed by atoms with E-state index in [0.717, 1.165) is 11.1 Å². The second-order valence-corrected chi connectivity index (χ2v) is 10.7. The van der Waals surface area contributed by atoms with Crippen LogP contribution in [0.2, 0.25) is 15.1 Å². The van der Waals surface area contributed by atoms with Crippen molar-refractivity contribution < 1.29 is 18.4 Å². The number of anilines is 1. The fraction of sp³-hybridized carbons (Fsp3) is 0.240. The zero-order chi connectivity index (χ0) is 24.7. The summed E-state index contributed by atoms with van der Waals surface area (Å²) in [6.07, 6.45) is 0.129. The molecule has 3 aromatic carbocycles. The van der Waals surface area contributed by atoms with Crippen LogP contribution in [-0.2, 0) is 26.3 Å². The van der Waals surface area contributed by atoms with E-state index < -0.39 is 7.60 Å². The molecule has 0 N–H and O–H groups in total. The predicted molar refractivity (Wildman–Crippen MR) is 139 cm³/mol. The summed E-state index contributed by atoms with van der Waals surface area (Å²) in [6.45, 7) is 4.42. The van der Waals surface area contributed by atoms with Gasteiger partial charge in [-0.3, -0.25) is 9.36 Å². The number of amides is 1. The van der Waals surface area contributed by atoms with Gasteiger partial charge in [0.2, 0.25) is 0 Å². The third-order valence-corrected chi connectivity index (χ3v) is 7.99. The van der Waals surface area contributed by atoms with Crippen LogP contribution >= 0.6 is 42.4 Å². The van der Waals surface area contributed by atoms with Gasteiger partial charge in [0.05, 0.1) is 36.0 Å². The first kappa shape index (κ1) is 26.7. The average Bonchev–Trinajstić information content (AvgIpc) is 2.81. The van der Waals surface area contributed by atoms with Crippen molar-refractivity contribution in [3.63, 3.8) is 0 Å². The lowest BCUT2D eigenvalue weighted by Gasteiger charge is -2.24. The summed E-state index contributed by atoms with van der Waals surface area (Å²) in [5.41, 5.74) is 2.72. The van der Waals surface area contributed by atoms with E-state index in [1.165, 1.54) is 0 Å². The summed E-state index contributed by atoms with van der Waals surface area (Å²) in [5, 5.41) is 1.37. The van der Waals surface area contributed by atoms with Gasteiger partial charge >= 0.3 is 7.60 Å². The Labute approximate surface area is 215 Å². The molecule has 3 aromatic rings. The number of carbonyl (C=O) groups is 1. The number of hydrogen-bond donors (Lipinski definition) is 0. The number of hydrogen-bond acceptors (Lipinski definition) is 4. The van der Waals surface area contributed by atoms with Crippen molar-refractivity contribution in [3.05, 3.63) is 98.5 Å². The molecule has 0 heterocycles. The molecule has 0 radical (unpaired) electrons. The molecule has 1 amide bonds. The van der Waals surface area contributed by atoms with Crippen molar-refractivity contribution in [1.29, 1.82) is 0 Å². The highest BCUT2D eigenvalue weighted by atomic mass is 35.5. The maximum absolute atomic E-state index is 13.5. The Bertz CT molecular complexity index is 1160. The van der Waals surface area contributed by atoms with Crippen molar-refractivity contribution in [3.8, 4) is 0 Å². The van der Waals surface area contributed by atoms with Gasteiger partial charge in [0.25, 0.3) is 5.91 Å². The summed E-state index contributed by atoms with van der Waals surface area (Å²) in [5.74, 6) is -0.224. The molecule has 0 saturated carbocycles. The van der Waals surface area contributed by atoms with Gasteiger partial charge in [-0.15, -0.1) is 0 Å². The lowest BCUT2D eigenvalue weighted by molar-refractivity contribution is 0.0985. The van der Waals surface area contributed by atoms with Crippen molar-refractivity contribution in [2.45, 2.75) is 26.6 Å². The van der Waals surface area contributed by atoms with E-state index in [0.29, 0.717) is 32.9 Å². The molecule has 0 saturated heterocycles. The second-order valence-electron chi connectivity index (χ2n) is 7.42. The highest BCUT2D eigenvalue weighted by Gasteiger charge is 2.25. The smallest absolute Gasteiger partial charge is 0.309 e. The normalized spacial score (nSPS) is 11.4. The highest BCUT2D eigenvalue weighted by Crippen LogP contribution is 2.51. The first-order valence-electron chi connectivity index (χ1n) is 10.7. The third kappa shape index (κ3) is 7.08. The van der Waals surface area contributed by atoms with Crippen molar-refractivity contribution >= 4 is 54.0 Å². The molecule has 180 valence electrons. The van der Waals surface area contributed by atoms with Crippen molar-refractivity contribution in [2.75, 3.05) is 18.1 Å². The Balaban J connectivity index is 1.88. The lowest BCUT2D eigenvalue weighted by atomic mass is 10.1. The predicted octanol–water partition coefficient (Wildman–Crippen LogP) is 8.26. The van der Waals surface area contributed by atoms with Crippen LogP contribution in [0.15, 0.2) is 66.7 Å². The van der Waals surface area contributed by atoms with Gasteiger partial charge in [-0.05, 0) is 67.4 Å². The van der Waals surface area contributed by atoms with Gasteiger partial charge in [0, 0.05) is 16.3 Å². The maximum atomic E-state index is 13.5. The van der Waals surface area contributed by atoms with E-state index in [9.17, 15) is 9.36 Å². The highest BCUT2D eigenvalue weighted by molar-refractivity contribution is 7.53. The van der Waals surface area contributed by atoms with Gasteiger partial charge < -0.3 is 13.9 Å². The summed E-state index contributed by atoms with van der Waals surface area (Å²) in [6, 6.07) is 19.3. The molecule has 0 fully saturated rings. The number of rotatable bonds is 10. The lowest BCUT2D eigenvalue weighted by Crippen LogP contribution is -2.30. The summed E-state index contributed by atoms with van der Waals surface area (Å²) in [7, 11) is -3.24. The minimum atomic E-state index is -3.24. The van der Waals surface area contributed by atoms with Gasteiger partial charge in [-0.25, -0.2) is 0 Å². The number of carbonyl (C=O) groups excluding carboxylic acids is 1. The van der Waals surface area contributed by atoms with E-state index in [-0.39, 0.29) is 25.3 Å². The fourth-order valence-electron chi connectivity index (χ4n) is 3.36. The van der Waals surface area contributed by atoms with Crippen LogP contribution in [0.5, 0.6) is 0 Å². The zero-order valence-corrected chi connectivity index (χ0v) is 22.0. The zero-order valence-electron chi connectivity index (χ0n) is 18.8. The van der Waals surface area contributed by atoms with Gasteiger partial charge in [0.15, 0.2) is 0 Å². The summed E-state index contributed by atoms with van der Waals surface area (Å²) in [4.78, 5) is 15.2. The molecule has 0 aliphatic rings. The molecule has 0 aliphatic heterocycles. The van der Waals surface area contributed by atoms with E-state index in [1.807, 2.05) is 12.1 Å². The SMILES string of the molecule is CCOP(=O)(Cc1ccc(C(=O)N(Cc2ccc(Cl)cc2)c2ccc(Cl)c(Cl)c2)cc1)OCC. The molecule has 0 aromatic heterocycles. The second kappa shape index (κ2) is 12.2. The van der Waals surface area contributed by atoms with Crippen LogP contribution in [0.4, 0.5) is 5.69 Å². The van der Waals surface area contributed by atoms with Crippen LogP contribution in [0.25, 0.3) is 0 Å². The Hall–Kier alpha value is -1.85. The topological polar surface area (TPSA) is 55.8 Å². The van der Waals surface area contributed by atoms with Gasteiger partial charge in [-0.1, -0.05) is 59.1 Å². The molecular formula is C25H25Cl3NO4P. The Morgan fingerprint density at radius 1 is 0.824 bits per heavy atom. The van der Waals surface area contributed by atoms with Crippen LogP contribution in [0.3, 0.4) is 0 Å². The Morgan fingerprint density at radius 2 is 1.41 bits per heavy atom. The number of halogens is 3. The Kier molecular flexibility index (Phi) is 9.61. The average molecular weight is 541 g/mol. The van der Waals surface area contributed by atoms with Crippen LogP contribution in [-0.4, -0.2) is 19.1 Å². The molecule has 0 aliphatic carbocycles. The minimum Gasteiger partial charge on any atom is -0.309 e. The monoisotopic (exact) mass is 539 g/mol. The maximum Gasteiger partial charge on any atom is 0.335 e. The van der Waals surface area contributed by atoms with Gasteiger partial charge in [-0.2, -0.15) is 0 Å². The van der Waals surface area contributed by atoms with E-state index in [1.54, 1.807) is 73.3 Å². The molecule has 5 nitrogen and oxygen atoms in total. The first-order chi connectivity index (χ1) is 16.2. The molecule has 9 heteroatoms. The molecule has 3 rings (SSSR count). The third-order valence-electron chi connectivity index (χ3n) is 4.94. The molecule has 34 heavy (non-hydrogen) atoms. The van der Waals surface area contributed by atoms with Crippen LogP contribution in [0, 0.1) is 0 Å². The first-order valence-corrected chi connectivity index (χ1v) is 13.6. The Morgan fingerprint density at radius 3 is 1.97 bits per heavy atom. The largest absolute Gasteiger partial charge is 0.335 e. The fourth-order valence-corrected chi connectivity index (χ4v) is 5.48. The van der Waals surface area contributed by atoms with Crippen LogP contribution in [0.1, 0.15) is 35.3 Å². The quantitative estimate of drug-likeness (QED) is 0.243. The number of nitrogens with zero attached hydrogens (tertiary/aromatic N) is 1. The van der Waals surface area contributed by atoms with Crippen LogP contribution < -0.4 is 4.90 Å². The summed E-state index contributed by atoms with van der Waals surface area (Å²) < 4.78 is 23.6. The van der Waals surface area contributed by atoms with Gasteiger partial charge in [0.1, 0.15) is 0 Å². The summed E-state index contributed by atoms with van der Waals surface area (Å²) >= 11 is 18.3. The molecular weight excluding hydrogens is 516 g/mol. The van der Waals surface area contributed by atoms with Crippen molar-refractivity contribution in [1.82, 2.24) is 0 Å². The van der Waals surface area contributed by atoms with E-state index >= 15 is 0 Å². The molecule has 0 atom stereocenters. The minimum absolute atomic E-state index is 0.129. The van der Waals surface area contributed by atoms with Crippen molar-refractivity contribution in [2.24, 2.45) is 0 Å².